The monoisotopic (exact) mass is 383 g/mol. The molecule has 0 aliphatic heterocycles. The van der Waals surface area contributed by atoms with Crippen LogP contribution in [0.25, 0.3) is 0 Å². The van der Waals surface area contributed by atoms with Crippen molar-refractivity contribution in [2.45, 2.75) is 25.5 Å². The average Bonchev–Trinajstić information content (AvgIpc) is 2.69. The average molecular weight is 383 g/mol. The molecule has 2 rings (SSSR count). The van der Waals surface area contributed by atoms with E-state index in [1.165, 1.54) is 7.11 Å². The molecule has 0 heterocycles. The summed E-state index contributed by atoms with van der Waals surface area (Å²) < 4.78 is 15.3. The Morgan fingerprint density at radius 3 is 2.36 bits per heavy atom. The van der Waals surface area contributed by atoms with Gasteiger partial charge in [-0.1, -0.05) is 49.0 Å². The van der Waals surface area contributed by atoms with Crippen molar-refractivity contribution in [3.05, 3.63) is 77.9 Å². The van der Waals surface area contributed by atoms with E-state index < -0.39 is 11.9 Å². The molecular formula is C22H25NO5. The van der Waals surface area contributed by atoms with Crippen molar-refractivity contribution in [2.24, 2.45) is 5.73 Å². The van der Waals surface area contributed by atoms with Crippen LogP contribution in [0.1, 0.15) is 17.5 Å². The van der Waals surface area contributed by atoms with Crippen molar-refractivity contribution in [1.82, 2.24) is 0 Å². The van der Waals surface area contributed by atoms with Gasteiger partial charge in [-0.15, -0.1) is 0 Å². The van der Waals surface area contributed by atoms with Crippen LogP contribution >= 0.6 is 0 Å². The Kier molecular flexibility index (Phi) is 8.39. The normalized spacial score (nSPS) is 11.5. The molecule has 1 atom stereocenters. The molecule has 2 N–H and O–H groups in total. The summed E-state index contributed by atoms with van der Waals surface area (Å²) in [5, 5.41) is 0. The molecule has 0 spiro atoms. The summed E-state index contributed by atoms with van der Waals surface area (Å²) >= 11 is 0. The summed E-state index contributed by atoms with van der Waals surface area (Å²) in [7, 11) is 1.23. The van der Waals surface area contributed by atoms with Crippen molar-refractivity contribution in [2.75, 3.05) is 13.7 Å². The first-order valence-electron chi connectivity index (χ1n) is 8.91. The quantitative estimate of drug-likeness (QED) is 0.386. The maximum absolute atomic E-state index is 11.8. The van der Waals surface area contributed by atoms with Crippen molar-refractivity contribution in [3.8, 4) is 5.75 Å². The van der Waals surface area contributed by atoms with Gasteiger partial charge in [0.15, 0.2) is 0 Å². The molecule has 0 saturated carbocycles. The number of ether oxygens (including phenoxy) is 3. The number of esters is 2. The zero-order valence-electron chi connectivity index (χ0n) is 15.9. The van der Waals surface area contributed by atoms with E-state index >= 15 is 0 Å². The van der Waals surface area contributed by atoms with Crippen LogP contribution in [0.15, 0.2) is 66.7 Å². The third kappa shape index (κ3) is 7.34. The lowest BCUT2D eigenvalue weighted by atomic mass is 10.1. The zero-order valence-corrected chi connectivity index (χ0v) is 15.9. The molecule has 0 aliphatic rings. The third-order valence-corrected chi connectivity index (χ3v) is 3.93. The fourth-order valence-corrected chi connectivity index (χ4v) is 2.52. The summed E-state index contributed by atoms with van der Waals surface area (Å²) in [5.74, 6) is -0.815. The number of methoxy groups -OCH3 is 1. The number of carbonyl (C=O) groups is 2. The van der Waals surface area contributed by atoms with Crippen LogP contribution < -0.4 is 10.5 Å². The van der Waals surface area contributed by atoms with Crippen LogP contribution in [-0.2, 0) is 32.1 Å². The number of hydrogen-bond donors (Lipinski definition) is 1. The van der Waals surface area contributed by atoms with Gasteiger partial charge in [-0.25, -0.2) is 4.79 Å². The zero-order chi connectivity index (χ0) is 20.4. The topological polar surface area (TPSA) is 87.9 Å². The molecule has 1 unspecified atom stereocenters. The molecule has 148 valence electrons. The van der Waals surface area contributed by atoms with Gasteiger partial charge in [-0.3, -0.25) is 4.79 Å². The smallest absolute Gasteiger partial charge is 0.333 e. The first kappa shape index (κ1) is 21.3. The summed E-state index contributed by atoms with van der Waals surface area (Å²) in [6.45, 7) is 4.47. The standard InChI is InChI=1S/C22H25NO5/c1-16(22(25)26-2)12-21(24)28-20-10-8-17(9-11-20)13-19(23)15-27-14-18-6-4-3-5-7-18/h3-11,19H,1,12-15,23H2,2H3. The second kappa shape index (κ2) is 11.0. The molecule has 2 aromatic rings. The van der Waals surface area contributed by atoms with Gasteiger partial charge in [0.1, 0.15) is 5.75 Å². The van der Waals surface area contributed by atoms with Gasteiger partial charge < -0.3 is 19.9 Å². The van der Waals surface area contributed by atoms with Crippen molar-refractivity contribution in [3.63, 3.8) is 0 Å². The maximum Gasteiger partial charge on any atom is 0.333 e. The van der Waals surface area contributed by atoms with Gasteiger partial charge in [0, 0.05) is 11.6 Å². The minimum atomic E-state index is -0.629. The van der Waals surface area contributed by atoms with Crippen LogP contribution in [-0.4, -0.2) is 31.7 Å². The molecule has 0 amide bonds. The minimum absolute atomic E-state index is 0.0468. The summed E-state index contributed by atoms with van der Waals surface area (Å²) in [6, 6.07) is 16.8. The number of carbonyl (C=O) groups excluding carboxylic acids is 2. The SMILES string of the molecule is C=C(CC(=O)Oc1ccc(CC(N)COCc2ccccc2)cc1)C(=O)OC. The van der Waals surface area contributed by atoms with E-state index in [1.54, 1.807) is 12.1 Å². The van der Waals surface area contributed by atoms with Crippen LogP contribution in [0, 0.1) is 0 Å². The molecule has 28 heavy (non-hydrogen) atoms. The first-order chi connectivity index (χ1) is 13.5. The van der Waals surface area contributed by atoms with Gasteiger partial charge in [0.25, 0.3) is 0 Å². The highest BCUT2D eigenvalue weighted by atomic mass is 16.5. The van der Waals surface area contributed by atoms with Gasteiger partial charge in [-0.05, 0) is 29.7 Å². The van der Waals surface area contributed by atoms with Crippen molar-refractivity contribution >= 4 is 11.9 Å². The predicted molar refractivity (Wildman–Crippen MR) is 106 cm³/mol. The highest BCUT2D eigenvalue weighted by Crippen LogP contribution is 2.15. The van der Waals surface area contributed by atoms with E-state index in [4.69, 9.17) is 15.2 Å². The van der Waals surface area contributed by atoms with Gasteiger partial charge in [0.2, 0.25) is 0 Å². The van der Waals surface area contributed by atoms with E-state index in [9.17, 15) is 9.59 Å². The maximum atomic E-state index is 11.8. The second-order valence-electron chi connectivity index (χ2n) is 6.35. The number of benzene rings is 2. The van der Waals surface area contributed by atoms with Crippen molar-refractivity contribution in [1.29, 1.82) is 0 Å². The Balaban J connectivity index is 1.74. The largest absolute Gasteiger partial charge is 0.466 e. The lowest BCUT2D eigenvalue weighted by Crippen LogP contribution is -2.28. The van der Waals surface area contributed by atoms with E-state index in [0.717, 1.165) is 11.1 Å². The fourth-order valence-electron chi connectivity index (χ4n) is 2.52. The van der Waals surface area contributed by atoms with Crippen LogP contribution in [0.4, 0.5) is 0 Å². The van der Waals surface area contributed by atoms with E-state index in [2.05, 4.69) is 11.3 Å². The lowest BCUT2D eigenvalue weighted by molar-refractivity contribution is -0.139. The molecule has 0 bridgehead atoms. The molecular weight excluding hydrogens is 358 g/mol. The molecule has 6 nitrogen and oxygen atoms in total. The molecule has 0 saturated heterocycles. The summed E-state index contributed by atoms with van der Waals surface area (Å²) in [6.07, 6.45) is 0.417. The Morgan fingerprint density at radius 2 is 1.71 bits per heavy atom. The highest BCUT2D eigenvalue weighted by molar-refractivity contribution is 5.93. The summed E-state index contributed by atoms with van der Waals surface area (Å²) in [5.41, 5.74) is 8.28. The Labute approximate surface area is 164 Å². The number of nitrogens with two attached hydrogens (primary N) is 1. The minimum Gasteiger partial charge on any atom is -0.466 e. The third-order valence-electron chi connectivity index (χ3n) is 3.93. The van der Waals surface area contributed by atoms with E-state index in [1.807, 2.05) is 42.5 Å². The van der Waals surface area contributed by atoms with Crippen LogP contribution in [0.3, 0.4) is 0 Å². The molecule has 0 radical (unpaired) electrons. The number of hydrogen-bond acceptors (Lipinski definition) is 6. The van der Waals surface area contributed by atoms with Gasteiger partial charge >= 0.3 is 11.9 Å². The Morgan fingerprint density at radius 1 is 1.04 bits per heavy atom. The number of rotatable bonds is 10. The molecule has 2 aromatic carbocycles. The molecule has 0 aromatic heterocycles. The molecule has 0 fully saturated rings. The van der Waals surface area contributed by atoms with Gasteiger partial charge in [0.05, 0.1) is 26.7 Å². The van der Waals surface area contributed by atoms with Crippen LogP contribution in [0.5, 0.6) is 5.75 Å². The van der Waals surface area contributed by atoms with Crippen LogP contribution in [0.2, 0.25) is 0 Å². The molecule has 0 aliphatic carbocycles. The predicted octanol–water partition coefficient (Wildman–Crippen LogP) is 2.80. The molecule has 6 heteroatoms. The summed E-state index contributed by atoms with van der Waals surface area (Å²) in [4.78, 5) is 23.1. The fraction of sp³-hybridized carbons (Fsp3) is 0.273. The highest BCUT2D eigenvalue weighted by Gasteiger charge is 2.14. The first-order valence-corrected chi connectivity index (χ1v) is 8.91. The lowest BCUT2D eigenvalue weighted by Gasteiger charge is -2.13. The van der Waals surface area contributed by atoms with E-state index in [0.29, 0.717) is 25.4 Å². The van der Waals surface area contributed by atoms with E-state index in [-0.39, 0.29) is 18.0 Å². The Bertz CT molecular complexity index is 786. The van der Waals surface area contributed by atoms with Crippen molar-refractivity contribution < 1.29 is 23.8 Å². The van der Waals surface area contributed by atoms with Gasteiger partial charge in [-0.2, -0.15) is 0 Å². The second-order valence-corrected chi connectivity index (χ2v) is 6.35. The Hall–Kier alpha value is -2.96.